The fourth-order valence-corrected chi connectivity index (χ4v) is 3.09. The largest absolute Gasteiger partial charge is 0.309 e. The minimum atomic E-state index is 0.0146. The summed E-state index contributed by atoms with van der Waals surface area (Å²) in [7, 11) is 0. The van der Waals surface area contributed by atoms with Crippen molar-refractivity contribution < 1.29 is 4.79 Å². The van der Waals surface area contributed by atoms with Gasteiger partial charge in [0.05, 0.1) is 0 Å². The Morgan fingerprint density at radius 1 is 1.09 bits per heavy atom. The minimum absolute atomic E-state index is 0.0146. The number of anilines is 1. The second-order valence-corrected chi connectivity index (χ2v) is 7.76. The molecule has 0 radical (unpaired) electrons. The van der Waals surface area contributed by atoms with Gasteiger partial charge in [-0.1, -0.05) is 66.5 Å². The molecular formula is C21H35NO. The van der Waals surface area contributed by atoms with Crippen LogP contribution in [0.4, 0.5) is 5.69 Å². The van der Waals surface area contributed by atoms with Crippen molar-refractivity contribution in [2.24, 2.45) is 5.41 Å². The predicted molar refractivity (Wildman–Crippen MR) is 101 cm³/mol. The van der Waals surface area contributed by atoms with Gasteiger partial charge in [0, 0.05) is 18.2 Å². The standard InChI is InChI=1S/C21H35NO/c1-7-11-18(12-8-2)22(20(23)16-21(4,5)6)19-14-10-13-17(9-3)15-19/h10,13-15,18H,7-9,11-12,16H2,1-6H3. The van der Waals surface area contributed by atoms with Crippen molar-refractivity contribution in [3.8, 4) is 0 Å². The molecule has 130 valence electrons. The van der Waals surface area contributed by atoms with E-state index in [-0.39, 0.29) is 11.3 Å². The third-order valence-electron chi connectivity index (χ3n) is 4.16. The zero-order chi connectivity index (χ0) is 17.5. The SMILES string of the molecule is CCCC(CCC)N(C(=O)CC(C)(C)C)c1cccc(CC)c1. The van der Waals surface area contributed by atoms with Crippen molar-refractivity contribution in [2.45, 2.75) is 86.1 Å². The smallest absolute Gasteiger partial charge is 0.227 e. The third kappa shape index (κ3) is 6.37. The van der Waals surface area contributed by atoms with Gasteiger partial charge in [0.2, 0.25) is 5.91 Å². The van der Waals surface area contributed by atoms with Gasteiger partial charge < -0.3 is 4.90 Å². The molecule has 2 nitrogen and oxygen atoms in total. The third-order valence-corrected chi connectivity index (χ3v) is 4.16. The van der Waals surface area contributed by atoms with Gasteiger partial charge in [-0.3, -0.25) is 4.79 Å². The molecule has 0 unspecified atom stereocenters. The fraction of sp³-hybridized carbons (Fsp3) is 0.667. The Morgan fingerprint density at radius 3 is 2.17 bits per heavy atom. The monoisotopic (exact) mass is 317 g/mol. The Morgan fingerprint density at radius 2 is 1.70 bits per heavy atom. The Kier molecular flexibility index (Phi) is 7.81. The molecule has 0 spiro atoms. The first-order chi connectivity index (χ1) is 10.8. The number of carbonyl (C=O) groups excluding carboxylic acids is 1. The molecule has 0 saturated heterocycles. The highest BCUT2D eigenvalue weighted by Crippen LogP contribution is 2.28. The van der Waals surface area contributed by atoms with Crippen LogP contribution < -0.4 is 4.90 Å². The summed E-state index contributed by atoms with van der Waals surface area (Å²) in [5, 5.41) is 0. The summed E-state index contributed by atoms with van der Waals surface area (Å²) in [5.74, 6) is 0.262. The van der Waals surface area contributed by atoms with E-state index >= 15 is 0 Å². The van der Waals surface area contributed by atoms with Crippen molar-refractivity contribution in [3.05, 3.63) is 29.8 Å². The van der Waals surface area contributed by atoms with Crippen molar-refractivity contribution in [3.63, 3.8) is 0 Å². The van der Waals surface area contributed by atoms with Crippen LogP contribution in [0.2, 0.25) is 0 Å². The number of rotatable bonds is 8. The first-order valence-electron chi connectivity index (χ1n) is 9.23. The summed E-state index contributed by atoms with van der Waals surface area (Å²) >= 11 is 0. The number of hydrogen-bond donors (Lipinski definition) is 0. The lowest BCUT2D eigenvalue weighted by molar-refractivity contribution is -0.120. The Hall–Kier alpha value is -1.31. The number of aryl methyl sites for hydroxylation is 1. The highest BCUT2D eigenvalue weighted by atomic mass is 16.2. The quantitative estimate of drug-likeness (QED) is 0.577. The van der Waals surface area contributed by atoms with Crippen LogP contribution in [0, 0.1) is 5.41 Å². The topological polar surface area (TPSA) is 20.3 Å². The van der Waals surface area contributed by atoms with E-state index in [9.17, 15) is 4.79 Å². The molecule has 1 amide bonds. The zero-order valence-corrected chi connectivity index (χ0v) is 16.0. The van der Waals surface area contributed by atoms with Crippen LogP contribution >= 0.6 is 0 Å². The molecule has 0 fully saturated rings. The van der Waals surface area contributed by atoms with Gasteiger partial charge in [-0.2, -0.15) is 0 Å². The average molecular weight is 318 g/mol. The first kappa shape index (κ1) is 19.7. The lowest BCUT2D eigenvalue weighted by atomic mass is 9.90. The summed E-state index contributed by atoms with van der Waals surface area (Å²) in [6, 6.07) is 8.83. The molecule has 1 aromatic rings. The van der Waals surface area contributed by atoms with Gasteiger partial charge in [0.25, 0.3) is 0 Å². The lowest BCUT2D eigenvalue weighted by Crippen LogP contribution is -2.42. The van der Waals surface area contributed by atoms with E-state index in [2.05, 4.69) is 70.7 Å². The van der Waals surface area contributed by atoms with Gasteiger partial charge in [-0.25, -0.2) is 0 Å². The van der Waals surface area contributed by atoms with Gasteiger partial charge in [0.15, 0.2) is 0 Å². The van der Waals surface area contributed by atoms with E-state index in [0.717, 1.165) is 37.8 Å². The molecule has 1 rings (SSSR count). The van der Waals surface area contributed by atoms with Crippen LogP contribution in [0.5, 0.6) is 0 Å². The molecule has 0 saturated carbocycles. The zero-order valence-electron chi connectivity index (χ0n) is 16.0. The van der Waals surface area contributed by atoms with Crippen molar-refractivity contribution in [1.82, 2.24) is 0 Å². The van der Waals surface area contributed by atoms with Crippen LogP contribution in [-0.2, 0) is 11.2 Å². The van der Waals surface area contributed by atoms with E-state index in [0.29, 0.717) is 12.5 Å². The van der Waals surface area contributed by atoms with E-state index in [1.807, 2.05) is 0 Å². The second-order valence-electron chi connectivity index (χ2n) is 7.76. The maximum atomic E-state index is 13.1. The summed E-state index contributed by atoms with van der Waals surface area (Å²) in [5.41, 5.74) is 2.38. The number of carbonyl (C=O) groups is 1. The molecule has 0 N–H and O–H groups in total. The summed E-state index contributed by atoms with van der Waals surface area (Å²) in [6.07, 6.45) is 5.95. The predicted octanol–water partition coefficient (Wildman–Crippen LogP) is 5.99. The first-order valence-corrected chi connectivity index (χ1v) is 9.23. The molecule has 0 aromatic heterocycles. The highest BCUT2D eigenvalue weighted by molar-refractivity contribution is 5.94. The van der Waals surface area contributed by atoms with Gasteiger partial charge in [-0.15, -0.1) is 0 Å². The molecule has 0 atom stereocenters. The van der Waals surface area contributed by atoms with Crippen LogP contribution in [0.15, 0.2) is 24.3 Å². The Bertz CT molecular complexity index is 481. The van der Waals surface area contributed by atoms with E-state index in [1.165, 1.54) is 5.56 Å². The highest BCUT2D eigenvalue weighted by Gasteiger charge is 2.27. The molecule has 23 heavy (non-hydrogen) atoms. The van der Waals surface area contributed by atoms with Crippen LogP contribution in [0.25, 0.3) is 0 Å². The van der Waals surface area contributed by atoms with Crippen LogP contribution in [0.3, 0.4) is 0 Å². The van der Waals surface area contributed by atoms with Gasteiger partial charge in [-0.05, 0) is 42.4 Å². The van der Waals surface area contributed by atoms with Crippen molar-refractivity contribution in [1.29, 1.82) is 0 Å². The molecule has 0 aliphatic heterocycles. The van der Waals surface area contributed by atoms with Gasteiger partial charge in [0.1, 0.15) is 0 Å². The lowest BCUT2D eigenvalue weighted by Gasteiger charge is -2.34. The fourth-order valence-electron chi connectivity index (χ4n) is 3.09. The molecule has 1 aromatic carbocycles. The molecular weight excluding hydrogens is 282 g/mol. The summed E-state index contributed by atoms with van der Waals surface area (Å²) < 4.78 is 0. The number of hydrogen-bond acceptors (Lipinski definition) is 1. The molecule has 0 bridgehead atoms. The Labute approximate surface area is 143 Å². The maximum absolute atomic E-state index is 13.1. The average Bonchev–Trinajstić information content (AvgIpc) is 2.46. The van der Waals surface area contributed by atoms with Crippen molar-refractivity contribution >= 4 is 11.6 Å². The summed E-state index contributed by atoms with van der Waals surface area (Å²) in [6.45, 7) is 13.0. The molecule has 0 heterocycles. The van der Waals surface area contributed by atoms with E-state index < -0.39 is 0 Å². The number of amides is 1. The second kappa shape index (κ2) is 9.10. The number of nitrogens with zero attached hydrogens (tertiary/aromatic N) is 1. The molecule has 0 aliphatic carbocycles. The molecule has 2 heteroatoms. The van der Waals surface area contributed by atoms with Gasteiger partial charge >= 0.3 is 0 Å². The minimum Gasteiger partial charge on any atom is -0.309 e. The maximum Gasteiger partial charge on any atom is 0.227 e. The van der Waals surface area contributed by atoms with Crippen molar-refractivity contribution in [2.75, 3.05) is 4.90 Å². The number of benzene rings is 1. The normalized spacial score (nSPS) is 11.8. The van der Waals surface area contributed by atoms with E-state index in [4.69, 9.17) is 0 Å². The molecule has 0 aliphatic rings. The van der Waals surface area contributed by atoms with E-state index in [1.54, 1.807) is 0 Å². The Balaban J connectivity index is 3.19. The summed E-state index contributed by atoms with van der Waals surface area (Å²) in [4.78, 5) is 15.2. The van der Waals surface area contributed by atoms with Crippen LogP contribution in [0.1, 0.15) is 79.2 Å². The van der Waals surface area contributed by atoms with Crippen LogP contribution in [-0.4, -0.2) is 11.9 Å².